The highest BCUT2D eigenvalue weighted by Crippen LogP contribution is 2.39. The average Bonchev–Trinajstić information content (AvgIpc) is 4.11. The second-order valence-corrected chi connectivity index (χ2v) is 22.9. The number of amides is 4. The second-order valence-electron chi connectivity index (χ2n) is 17.9. The molecule has 15 heteroatoms. The molecule has 3 aromatic carbocycles. The van der Waals surface area contributed by atoms with Crippen molar-refractivity contribution in [2.75, 3.05) is 26.9 Å². The molecule has 0 bridgehead atoms. The fraction of sp³-hybridized carbons (Fsp3) is 0.404. The van der Waals surface area contributed by atoms with Gasteiger partial charge >= 0.3 is 12.2 Å². The summed E-state index contributed by atoms with van der Waals surface area (Å²) in [5.41, 5.74) is 8.10. The SMILES string of the molecule is COC(=O)N[C@H](C(=O)N1CCC[C@H]1c1ncc(-c2ccc(-c3ccc(-c4ccc(-c5cnc([C@@H]6C[Si](C)(C)CN6C(=O)[C@@H](NC(=O)OC)C(C)C)[nH]5)cc4)cc3)cc2)[nH]1)C(C)C. The highest BCUT2D eigenvalue weighted by atomic mass is 28.3. The molecule has 4 atom stereocenters. The van der Waals surface area contributed by atoms with E-state index in [1.807, 2.05) is 49.9 Å². The number of likely N-dealkylation sites (tertiary alicyclic amines) is 1. The third kappa shape index (κ3) is 9.47. The van der Waals surface area contributed by atoms with E-state index < -0.39 is 32.3 Å². The van der Waals surface area contributed by atoms with Crippen molar-refractivity contribution in [2.24, 2.45) is 11.8 Å². The summed E-state index contributed by atoms with van der Waals surface area (Å²) < 4.78 is 9.58. The zero-order chi connectivity index (χ0) is 44.3. The van der Waals surface area contributed by atoms with Gasteiger partial charge in [-0.2, -0.15) is 0 Å². The van der Waals surface area contributed by atoms with Crippen LogP contribution in [0.15, 0.2) is 85.2 Å². The average molecular weight is 859 g/mol. The molecule has 4 N–H and O–H groups in total. The van der Waals surface area contributed by atoms with Crippen LogP contribution in [-0.2, 0) is 19.1 Å². The maximum atomic E-state index is 13.9. The number of imidazole rings is 2. The van der Waals surface area contributed by atoms with Crippen LogP contribution in [0.25, 0.3) is 44.8 Å². The number of rotatable bonds is 12. The van der Waals surface area contributed by atoms with Crippen molar-refractivity contribution in [3.63, 3.8) is 0 Å². The fourth-order valence-corrected chi connectivity index (χ4v) is 11.5. The first-order valence-corrected chi connectivity index (χ1v) is 24.8. The minimum absolute atomic E-state index is 0.102. The number of hydrogen-bond acceptors (Lipinski definition) is 8. The molecule has 2 aromatic heterocycles. The number of aromatic amines is 2. The summed E-state index contributed by atoms with van der Waals surface area (Å²) in [4.78, 5) is 71.6. The lowest BCUT2D eigenvalue weighted by Gasteiger charge is -2.30. The molecule has 4 heterocycles. The van der Waals surface area contributed by atoms with Crippen molar-refractivity contribution in [2.45, 2.75) is 83.8 Å². The maximum absolute atomic E-state index is 13.9. The second kappa shape index (κ2) is 18.4. The van der Waals surface area contributed by atoms with Crippen LogP contribution >= 0.6 is 0 Å². The first-order chi connectivity index (χ1) is 29.7. The van der Waals surface area contributed by atoms with Gasteiger partial charge in [-0.25, -0.2) is 19.6 Å². The Bertz CT molecular complexity index is 2370. The van der Waals surface area contributed by atoms with Gasteiger partial charge in [0.15, 0.2) is 0 Å². The molecular weight excluding hydrogens is 801 g/mol. The van der Waals surface area contributed by atoms with Crippen molar-refractivity contribution in [1.29, 1.82) is 0 Å². The minimum atomic E-state index is -1.74. The van der Waals surface area contributed by atoms with Crippen LogP contribution in [0.5, 0.6) is 0 Å². The number of aromatic nitrogens is 4. The number of nitrogens with zero attached hydrogens (tertiary/aromatic N) is 4. The van der Waals surface area contributed by atoms with E-state index in [1.165, 1.54) is 14.2 Å². The Morgan fingerprint density at radius 3 is 1.42 bits per heavy atom. The molecule has 2 aliphatic heterocycles. The first-order valence-electron chi connectivity index (χ1n) is 21.4. The lowest BCUT2D eigenvalue weighted by molar-refractivity contribution is -0.136. The summed E-state index contributed by atoms with van der Waals surface area (Å²) in [5, 5.41) is 5.44. The molecule has 0 unspecified atom stereocenters. The number of carbonyl (C=O) groups is 4. The van der Waals surface area contributed by atoms with Gasteiger partial charge in [0.2, 0.25) is 11.8 Å². The Labute approximate surface area is 364 Å². The Morgan fingerprint density at radius 1 is 0.629 bits per heavy atom. The topological polar surface area (TPSA) is 175 Å². The van der Waals surface area contributed by atoms with E-state index in [2.05, 4.69) is 111 Å². The van der Waals surface area contributed by atoms with E-state index in [-0.39, 0.29) is 35.7 Å². The number of ether oxygens (including phenoxy) is 2. The maximum Gasteiger partial charge on any atom is 0.407 e. The lowest BCUT2D eigenvalue weighted by atomic mass is 9.98. The highest BCUT2D eigenvalue weighted by molar-refractivity contribution is 6.78. The molecule has 0 aliphatic carbocycles. The van der Waals surface area contributed by atoms with Gasteiger partial charge in [0.1, 0.15) is 23.7 Å². The number of hydrogen-bond donors (Lipinski definition) is 4. The molecule has 326 valence electrons. The molecule has 14 nitrogen and oxygen atoms in total. The molecule has 0 radical (unpaired) electrons. The molecule has 2 saturated heterocycles. The smallest absolute Gasteiger partial charge is 0.407 e. The standard InChI is InChI=1S/C47H58N8O6Si/c1-28(2)40(52-46(58)60-5)44(56)54-23-9-10-38(54)42-48-24-36(50-42)34-19-15-32(16-20-34)30-11-13-31(14-12-30)33-17-21-35(22-18-33)37-25-49-43(51-37)39-26-62(7,8)27-55(39)45(57)41(29(3)4)53-47(59)61-6/h11-22,24-25,28-29,38-41H,9-10,23,26-27H2,1-8H3,(H,48,50)(H,49,51)(H,52,58)(H,53,59)/t38-,39-,40-,41-/m0/s1. The van der Waals surface area contributed by atoms with Crippen molar-refractivity contribution in [3.8, 4) is 44.8 Å². The van der Waals surface area contributed by atoms with Crippen molar-refractivity contribution in [3.05, 3.63) is 96.8 Å². The first kappa shape index (κ1) is 43.9. The van der Waals surface area contributed by atoms with Gasteiger partial charge < -0.3 is 39.9 Å². The van der Waals surface area contributed by atoms with E-state index in [1.54, 1.807) is 0 Å². The van der Waals surface area contributed by atoms with Gasteiger partial charge in [-0.15, -0.1) is 0 Å². The van der Waals surface area contributed by atoms with Crippen LogP contribution in [0.1, 0.15) is 64.3 Å². The van der Waals surface area contributed by atoms with Gasteiger partial charge in [0.05, 0.1) is 58.2 Å². The van der Waals surface area contributed by atoms with Crippen LogP contribution in [0.2, 0.25) is 19.1 Å². The fourth-order valence-electron chi connectivity index (χ4n) is 8.66. The number of H-pyrrole nitrogens is 2. The molecule has 62 heavy (non-hydrogen) atoms. The molecule has 0 spiro atoms. The predicted molar refractivity (Wildman–Crippen MR) is 241 cm³/mol. The van der Waals surface area contributed by atoms with E-state index in [4.69, 9.17) is 14.5 Å². The van der Waals surface area contributed by atoms with E-state index >= 15 is 0 Å². The molecule has 4 amide bonds. The Balaban J connectivity index is 0.994. The molecule has 0 saturated carbocycles. The largest absolute Gasteiger partial charge is 0.453 e. The minimum Gasteiger partial charge on any atom is -0.453 e. The van der Waals surface area contributed by atoms with Crippen LogP contribution in [0.4, 0.5) is 9.59 Å². The quantitative estimate of drug-likeness (QED) is 0.0906. The van der Waals surface area contributed by atoms with Crippen molar-refractivity contribution < 1.29 is 28.7 Å². The highest BCUT2D eigenvalue weighted by Gasteiger charge is 2.46. The molecular formula is C47H58N8O6Si. The van der Waals surface area contributed by atoms with Crippen LogP contribution < -0.4 is 10.6 Å². The van der Waals surface area contributed by atoms with Gasteiger partial charge in [0, 0.05) is 12.7 Å². The van der Waals surface area contributed by atoms with Gasteiger partial charge in [-0.05, 0) is 64.1 Å². The Hall–Kier alpha value is -6.22. The monoisotopic (exact) mass is 858 g/mol. The molecule has 2 fully saturated rings. The Morgan fingerprint density at radius 2 is 1.02 bits per heavy atom. The van der Waals surface area contributed by atoms with Gasteiger partial charge in [-0.1, -0.05) is 114 Å². The summed E-state index contributed by atoms with van der Waals surface area (Å²) in [6, 6.07) is 24.3. The van der Waals surface area contributed by atoms with Crippen LogP contribution in [-0.4, -0.2) is 101 Å². The van der Waals surface area contributed by atoms with Gasteiger partial charge in [0.25, 0.3) is 0 Å². The number of alkyl carbamates (subject to hydrolysis) is 2. The van der Waals surface area contributed by atoms with Crippen LogP contribution in [0.3, 0.4) is 0 Å². The van der Waals surface area contributed by atoms with E-state index in [0.717, 1.165) is 75.3 Å². The molecule has 5 aromatic rings. The zero-order valence-corrected chi connectivity index (χ0v) is 37.8. The molecule has 7 rings (SSSR count). The summed E-state index contributed by atoms with van der Waals surface area (Å²) in [7, 11) is 0.855. The lowest BCUT2D eigenvalue weighted by Crippen LogP contribution is -2.52. The van der Waals surface area contributed by atoms with Crippen molar-refractivity contribution in [1.82, 2.24) is 40.4 Å². The van der Waals surface area contributed by atoms with Crippen LogP contribution in [0, 0.1) is 11.8 Å². The normalized spacial score (nSPS) is 18.2. The summed E-state index contributed by atoms with van der Waals surface area (Å²) in [5.74, 6) is 1.03. The number of benzene rings is 3. The third-order valence-electron chi connectivity index (χ3n) is 12.1. The van der Waals surface area contributed by atoms with Crippen molar-refractivity contribution >= 4 is 32.1 Å². The number of carbonyl (C=O) groups excluding carboxylic acids is 4. The van der Waals surface area contributed by atoms with E-state index in [9.17, 15) is 19.2 Å². The summed E-state index contributed by atoms with van der Waals surface area (Å²) in [6.45, 7) is 12.8. The number of methoxy groups -OCH3 is 2. The summed E-state index contributed by atoms with van der Waals surface area (Å²) in [6.07, 6.45) is 4.74. The third-order valence-corrected chi connectivity index (χ3v) is 14.8. The molecule has 2 aliphatic rings. The Kier molecular flexibility index (Phi) is 13.0. The summed E-state index contributed by atoms with van der Waals surface area (Å²) >= 11 is 0. The number of nitrogens with one attached hydrogen (secondary N) is 4. The van der Waals surface area contributed by atoms with E-state index in [0.29, 0.717) is 12.7 Å². The van der Waals surface area contributed by atoms with Gasteiger partial charge in [-0.3, -0.25) is 9.59 Å². The zero-order valence-electron chi connectivity index (χ0n) is 36.8. The predicted octanol–water partition coefficient (Wildman–Crippen LogP) is 8.36.